The second-order valence-corrected chi connectivity index (χ2v) is 6.91. The van der Waals surface area contributed by atoms with Gasteiger partial charge in [0.15, 0.2) is 0 Å². The van der Waals surface area contributed by atoms with Gasteiger partial charge in [-0.1, -0.05) is 18.2 Å². The van der Waals surface area contributed by atoms with Crippen molar-refractivity contribution in [3.05, 3.63) is 54.6 Å². The molecule has 2 aromatic carbocycles. The maximum atomic E-state index is 12.5. The van der Waals surface area contributed by atoms with Gasteiger partial charge in [-0.3, -0.25) is 0 Å². The number of nitrogens with one attached hydrogen (secondary N) is 1. The molecule has 0 bridgehead atoms. The Hall–Kier alpha value is -2.34. The molecular formula is C17H19NO4S. The average Bonchev–Trinajstić information content (AvgIpc) is 2.56. The molecule has 0 aromatic heterocycles. The smallest absolute Gasteiger partial charge is 0.328 e. The lowest BCUT2D eigenvalue weighted by Crippen LogP contribution is -2.28. The summed E-state index contributed by atoms with van der Waals surface area (Å²) in [5, 5.41) is 2.98. The van der Waals surface area contributed by atoms with Gasteiger partial charge in [0.25, 0.3) is 0 Å². The maximum absolute atomic E-state index is 12.5. The Morgan fingerprint density at radius 1 is 1.04 bits per heavy atom. The summed E-state index contributed by atoms with van der Waals surface area (Å²) in [6.07, 6.45) is 0. The zero-order valence-electron chi connectivity index (χ0n) is 13.0. The van der Waals surface area contributed by atoms with E-state index in [1.807, 2.05) is 0 Å². The molecule has 23 heavy (non-hydrogen) atoms. The van der Waals surface area contributed by atoms with Gasteiger partial charge in [0.2, 0.25) is 9.84 Å². The van der Waals surface area contributed by atoms with E-state index in [1.54, 1.807) is 56.3 Å². The van der Waals surface area contributed by atoms with Crippen molar-refractivity contribution in [3.63, 3.8) is 0 Å². The largest absolute Gasteiger partial charge is 0.464 e. The number of esters is 1. The van der Waals surface area contributed by atoms with Gasteiger partial charge >= 0.3 is 5.97 Å². The van der Waals surface area contributed by atoms with Crippen molar-refractivity contribution in [2.75, 3.05) is 11.9 Å². The highest BCUT2D eigenvalue weighted by atomic mass is 32.2. The minimum Gasteiger partial charge on any atom is -0.464 e. The summed E-state index contributed by atoms with van der Waals surface area (Å²) < 4.78 is 29.8. The Labute approximate surface area is 136 Å². The molecule has 0 aliphatic heterocycles. The second-order valence-electron chi connectivity index (χ2n) is 4.96. The van der Waals surface area contributed by atoms with Crippen LogP contribution in [0.5, 0.6) is 0 Å². The Morgan fingerprint density at radius 2 is 1.61 bits per heavy atom. The number of carbonyl (C=O) groups is 1. The number of hydrogen-bond acceptors (Lipinski definition) is 5. The molecule has 2 rings (SSSR count). The molecule has 0 aliphatic rings. The predicted molar refractivity (Wildman–Crippen MR) is 88.1 cm³/mol. The van der Waals surface area contributed by atoms with Crippen LogP contribution in [0.25, 0.3) is 0 Å². The SMILES string of the molecule is CCOC(=O)[C@@H](C)Nc1ccc(S(=O)(=O)c2ccccc2)cc1. The topological polar surface area (TPSA) is 72.5 Å². The predicted octanol–water partition coefficient (Wildman–Crippen LogP) is 2.88. The summed E-state index contributed by atoms with van der Waals surface area (Å²) in [4.78, 5) is 12.0. The van der Waals surface area contributed by atoms with Crippen molar-refractivity contribution < 1.29 is 17.9 Å². The average molecular weight is 333 g/mol. The monoisotopic (exact) mass is 333 g/mol. The van der Waals surface area contributed by atoms with Gasteiger partial charge in [-0.25, -0.2) is 13.2 Å². The molecule has 122 valence electrons. The van der Waals surface area contributed by atoms with Crippen molar-refractivity contribution in [1.29, 1.82) is 0 Å². The molecule has 0 aliphatic carbocycles. The summed E-state index contributed by atoms with van der Waals surface area (Å²) >= 11 is 0. The van der Waals surface area contributed by atoms with Crippen molar-refractivity contribution in [1.82, 2.24) is 0 Å². The van der Waals surface area contributed by atoms with Gasteiger partial charge in [-0.2, -0.15) is 0 Å². The van der Waals surface area contributed by atoms with Crippen LogP contribution in [0.3, 0.4) is 0 Å². The molecule has 0 heterocycles. The molecule has 2 aromatic rings. The van der Waals surface area contributed by atoms with Crippen molar-refractivity contribution >= 4 is 21.5 Å². The lowest BCUT2D eigenvalue weighted by Gasteiger charge is -2.14. The molecule has 5 nitrogen and oxygen atoms in total. The van der Waals surface area contributed by atoms with Crippen LogP contribution in [-0.4, -0.2) is 27.0 Å². The first-order valence-electron chi connectivity index (χ1n) is 7.28. The molecule has 0 saturated carbocycles. The third kappa shape index (κ3) is 4.10. The molecule has 0 unspecified atom stereocenters. The number of sulfone groups is 1. The van der Waals surface area contributed by atoms with Gasteiger partial charge in [0.1, 0.15) is 6.04 Å². The van der Waals surface area contributed by atoms with Crippen LogP contribution in [0.2, 0.25) is 0 Å². The van der Waals surface area contributed by atoms with Crippen LogP contribution in [0.1, 0.15) is 13.8 Å². The van der Waals surface area contributed by atoms with Crippen LogP contribution < -0.4 is 5.32 Å². The van der Waals surface area contributed by atoms with Crippen LogP contribution in [-0.2, 0) is 19.4 Å². The number of ether oxygens (including phenoxy) is 1. The Kier molecular flexibility index (Phi) is 5.39. The minimum absolute atomic E-state index is 0.207. The lowest BCUT2D eigenvalue weighted by atomic mass is 10.2. The van der Waals surface area contributed by atoms with Crippen molar-refractivity contribution in [2.45, 2.75) is 29.7 Å². The van der Waals surface area contributed by atoms with E-state index < -0.39 is 15.9 Å². The fraction of sp³-hybridized carbons (Fsp3) is 0.235. The number of rotatable bonds is 6. The van der Waals surface area contributed by atoms with Gasteiger partial charge in [0, 0.05) is 5.69 Å². The fourth-order valence-electron chi connectivity index (χ4n) is 2.04. The molecule has 0 amide bonds. The van der Waals surface area contributed by atoms with Crippen LogP contribution >= 0.6 is 0 Å². The molecule has 0 fully saturated rings. The fourth-order valence-corrected chi connectivity index (χ4v) is 3.32. The van der Waals surface area contributed by atoms with Crippen LogP contribution in [0.15, 0.2) is 64.4 Å². The van der Waals surface area contributed by atoms with Crippen molar-refractivity contribution in [3.8, 4) is 0 Å². The normalized spacial score (nSPS) is 12.4. The zero-order chi connectivity index (χ0) is 16.9. The summed E-state index contributed by atoms with van der Waals surface area (Å²) in [7, 11) is -3.53. The van der Waals surface area contributed by atoms with Gasteiger partial charge in [-0.05, 0) is 50.2 Å². The number of carbonyl (C=O) groups excluding carboxylic acids is 1. The van der Waals surface area contributed by atoms with Crippen LogP contribution in [0, 0.1) is 0 Å². The first kappa shape index (κ1) is 17.0. The Bertz CT molecular complexity index is 755. The molecule has 6 heteroatoms. The molecule has 1 atom stereocenters. The third-order valence-corrected chi connectivity index (χ3v) is 5.03. The molecular weight excluding hydrogens is 314 g/mol. The number of benzene rings is 2. The molecule has 0 spiro atoms. The molecule has 0 radical (unpaired) electrons. The van der Waals surface area contributed by atoms with Crippen LogP contribution in [0.4, 0.5) is 5.69 Å². The van der Waals surface area contributed by atoms with Gasteiger partial charge in [0.05, 0.1) is 16.4 Å². The van der Waals surface area contributed by atoms with E-state index >= 15 is 0 Å². The highest BCUT2D eigenvalue weighted by Gasteiger charge is 2.18. The number of anilines is 1. The van der Waals surface area contributed by atoms with E-state index in [2.05, 4.69) is 5.32 Å². The van der Waals surface area contributed by atoms with E-state index in [9.17, 15) is 13.2 Å². The first-order valence-corrected chi connectivity index (χ1v) is 8.77. The van der Waals surface area contributed by atoms with E-state index in [0.29, 0.717) is 12.3 Å². The molecule has 0 saturated heterocycles. The van der Waals surface area contributed by atoms with Gasteiger partial charge in [-0.15, -0.1) is 0 Å². The van der Waals surface area contributed by atoms with E-state index in [0.717, 1.165) is 0 Å². The molecule has 1 N–H and O–H groups in total. The van der Waals surface area contributed by atoms with E-state index in [1.165, 1.54) is 12.1 Å². The van der Waals surface area contributed by atoms with Crippen molar-refractivity contribution in [2.24, 2.45) is 0 Å². The summed E-state index contributed by atoms with van der Waals surface area (Å²) in [5.74, 6) is -0.353. The quantitative estimate of drug-likeness (QED) is 0.823. The highest BCUT2D eigenvalue weighted by molar-refractivity contribution is 7.91. The standard InChI is InChI=1S/C17H19NO4S/c1-3-22-17(19)13(2)18-14-9-11-16(12-10-14)23(20,21)15-7-5-4-6-8-15/h4-13,18H,3H2,1-2H3/t13-/m1/s1. The number of hydrogen-bond donors (Lipinski definition) is 1. The lowest BCUT2D eigenvalue weighted by molar-refractivity contribution is -0.143. The second kappa shape index (κ2) is 7.28. The summed E-state index contributed by atoms with van der Waals surface area (Å²) in [6.45, 7) is 3.75. The first-order chi connectivity index (χ1) is 10.9. The zero-order valence-corrected chi connectivity index (χ0v) is 13.8. The van der Waals surface area contributed by atoms with Gasteiger partial charge < -0.3 is 10.1 Å². The highest BCUT2D eigenvalue weighted by Crippen LogP contribution is 2.22. The summed E-state index contributed by atoms with van der Waals surface area (Å²) in [6, 6.07) is 14.0. The third-order valence-electron chi connectivity index (χ3n) is 3.24. The summed E-state index contributed by atoms with van der Waals surface area (Å²) in [5.41, 5.74) is 0.651. The Morgan fingerprint density at radius 3 is 2.17 bits per heavy atom. The Balaban J connectivity index is 2.15. The van der Waals surface area contributed by atoms with E-state index in [4.69, 9.17) is 4.74 Å². The van der Waals surface area contributed by atoms with E-state index in [-0.39, 0.29) is 15.8 Å². The minimum atomic E-state index is -3.53. The maximum Gasteiger partial charge on any atom is 0.328 e.